The summed E-state index contributed by atoms with van der Waals surface area (Å²) in [5.74, 6) is -0.624. The van der Waals surface area contributed by atoms with Crippen LogP contribution in [0.15, 0.2) is 29.4 Å². The number of halogens is 3. The van der Waals surface area contributed by atoms with Gasteiger partial charge in [-0.2, -0.15) is 23.5 Å². The van der Waals surface area contributed by atoms with Crippen molar-refractivity contribution in [1.82, 2.24) is 5.43 Å². The molecule has 0 saturated heterocycles. The number of amides is 1. The van der Waals surface area contributed by atoms with Crippen molar-refractivity contribution >= 4 is 12.1 Å². The van der Waals surface area contributed by atoms with Gasteiger partial charge in [0.05, 0.1) is 17.8 Å². The van der Waals surface area contributed by atoms with Gasteiger partial charge in [0.25, 0.3) is 5.91 Å². The smallest absolute Gasteiger partial charge is 0.272 e. The van der Waals surface area contributed by atoms with Gasteiger partial charge < -0.3 is 0 Å². The van der Waals surface area contributed by atoms with Gasteiger partial charge in [0.1, 0.15) is 6.42 Å². The molecule has 0 heterocycles. The number of nitriles is 1. The lowest BCUT2D eigenvalue weighted by molar-refractivity contribution is -0.137. The van der Waals surface area contributed by atoms with E-state index in [9.17, 15) is 18.0 Å². The Labute approximate surface area is 101 Å². The lowest BCUT2D eigenvalue weighted by Crippen LogP contribution is -2.16. The Bertz CT molecular complexity index is 503. The summed E-state index contributed by atoms with van der Waals surface area (Å²) in [4.78, 5) is 10.8. The molecule has 94 valence electrons. The SMILES string of the molecule is N#CCC(=O)N/N=C\c1cccc(C(F)(F)F)c1. The third-order valence-corrected chi connectivity index (χ3v) is 1.86. The first kappa shape index (κ1) is 13.7. The summed E-state index contributed by atoms with van der Waals surface area (Å²) >= 11 is 0. The Morgan fingerprint density at radius 3 is 2.83 bits per heavy atom. The first-order valence-electron chi connectivity index (χ1n) is 4.79. The average Bonchev–Trinajstić information content (AvgIpc) is 2.29. The van der Waals surface area contributed by atoms with Crippen LogP contribution < -0.4 is 5.43 Å². The predicted molar refractivity (Wildman–Crippen MR) is 57.4 cm³/mol. The number of hydrazone groups is 1. The molecule has 0 unspecified atom stereocenters. The topological polar surface area (TPSA) is 65.2 Å². The van der Waals surface area contributed by atoms with Crippen molar-refractivity contribution in [1.29, 1.82) is 5.26 Å². The molecule has 0 fully saturated rings. The van der Waals surface area contributed by atoms with E-state index in [4.69, 9.17) is 5.26 Å². The van der Waals surface area contributed by atoms with Crippen LogP contribution in [0.1, 0.15) is 17.5 Å². The van der Waals surface area contributed by atoms with Crippen LogP contribution in [-0.4, -0.2) is 12.1 Å². The first-order valence-corrected chi connectivity index (χ1v) is 4.79. The molecule has 0 aromatic heterocycles. The number of rotatable bonds is 3. The summed E-state index contributed by atoms with van der Waals surface area (Å²) in [5.41, 5.74) is 1.42. The van der Waals surface area contributed by atoms with Crippen molar-refractivity contribution in [3.63, 3.8) is 0 Å². The zero-order chi connectivity index (χ0) is 13.6. The van der Waals surface area contributed by atoms with E-state index in [2.05, 4.69) is 5.10 Å². The summed E-state index contributed by atoms with van der Waals surface area (Å²) in [6, 6.07) is 6.10. The summed E-state index contributed by atoms with van der Waals surface area (Å²) in [6.45, 7) is 0. The summed E-state index contributed by atoms with van der Waals surface area (Å²) in [6.07, 6.45) is -3.71. The van der Waals surface area contributed by atoms with E-state index in [-0.39, 0.29) is 12.0 Å². The number of nitrogens with one attached hydrogen (secondary N) is 1. The van der Waals surface area contributed by atoms with Gasteiger partial charge in [-0.05, 0) is 17.7 Å². The average molecular weight is 255 g/mol. The highest BCUT2D eigenvalue weighted by molar-refractivity contribution is 5.83. The maximum Gasteiger partial charge on any atom is 0.416 e. The van der Waals surface area contributed by atoms with Crippen molar-refractivity contribution in [2.45, 2.75) is 12.6 Å². The second-order valence-electron chi connectivity index (χ2n) is 3.25. The molecule has 0 spiro atoms. The highest BCUT2D eigenvalue weighted by atomic mass is 19.4. The van der Waals surface area contributed by atoms with E-state index in [1.54, 1.807) is 6.07 Å². The Hall–Kier alpha value is -2.36. The molecule has 18 heavy (non-hydrogen) atoms. The first-order chi connectivity index (χ1) is 8.43. The van der Waals surface area contributed by atoms with E-state index < -0.39 is 17.6 Å². The van der Waals surface area contributed by atoms with Crippen molar-refractivity contribution in [2.24, 2.45) is 5.10 Å². The van der Waals surface area contributed by atoms with Crippen LogP contribution in [0.25, 0.3) is 0 Å². The molecular weight excluding hydrogens is 247 g/mol. The van der Waals surface area contributed by atoms with Crippen LogP contribution in [0.4, 0.5) is 13.2 Å². The van der Waals surface area contributed by atoms with Crippen molar-refractivity contribution in [3.05, 3.63) is 35.4 Å². The number of hydrogen-bond donors (Lipinski definition) is 1. The van der Waals surface area contributed by atoms with Gasteiger partial charge in [-0.25, -0.2) is 5.43 Å². The third kappa shape index (κ3) is 4.25. The van der Waals surface area contributed by atoms with Crippen LogP contribution in [0.2, 0.25) is 0 Å². The molecular formula is C11H8F3N3O. The van der Waals surface area contributed by atoms with E-state index in [1.807, 2.05) is 5.43 Å². The van der Waals surface area contributed by atoms with Crippen LogP contribution in [-0.2, 0) is 11.0 Å². The van der Waals surface area contributed by atoms with Crippen LogP contribution in [0.3, 0.4) is 0 Å². The second-order valence-corrected chi connectivity index (χ2v) is 3.25. The monoisotopic (exact) mass is 255 g/mol. The Morgan fingerprint density at radius 1 is 1.50 bits per heavy atom. The zero-order valence-electron chi connectivity index (χ0n) is 9.03. The van der Waals surface area contributed by atoms with Crippen molar-refractivity contribution < 1.29 is 18.0 Å². The summed E-state index contributed by atoms with van der Waals surface area (Å²) in [7, 11) is 0. The van der Waals surface area contributed by atoms with Gasteiger partial charge in [0, 0.05) is 0 Å². The Morgan fingerprint density at radius 2 is 2.22 bits per heavy atom. The predicted octanol–water partition coefficient (Wildman–Crippen LogP) is 2.07. The molecule has 0 aliphatic heterocycles. The Kier molecular flexibility index (Phi) is 4.43. The number of hydrogen-bond acceptors (Lipinski definition) is 3. The molecule has 0 atom stereocenters. The number of carbonyl (C=O) groups excluding carboxylic acids is 1. The van der Waals surface area contributed by atoms with E-state index in [0.29, 0.717) is 0 Å². The maximum absolute atomic E-state index is 12.4. The van der Waals surface area contributed by atoms with Gasteiger partial charge in [-0.3, -0.25) is 4.79 Å². The molecule has 0 aliphatic carbocycles. The molecule has 1 amide bonds. The van der Waals surface area contributed by atoms with Crippen LogP contribution >= 0.6 is 0 Å². The number of nitrogens with zero attached hydrogens (tertiary/aromatic N) is 2. The number of benzene rings is 1. The van der Waals surface area contributed by atoms with Crippen LogP contribution in [0, 0.1) is 11.3 Å². The molecule has 7 heteroatoms. The van der Waals surface area contributed by atoms with Crippen LogP contribution in [0.5, 0.6) is 0 Å². The van der Waals surface area contributed by atoms with Gasteiger partial charge >= 0.3 is 6.18 Å². The number of alkyl halides is 3. The fourth-order valence-electron chi connectivity index (χ4n) is 1.09. The highest BCUT2D eigenvalue weighted by Crippen LogP contribution is 2.29. The molecule has 1 aromatic rings. The highest BCUT2D eigenvalue weighted by Gasteiger charge is 2.30. The standard InChI is InChI=1S/C11H8F3N3O/c12-11(13,14)9-3-1-2-8(6-9)7-16-17-10(18)4-5-15/h1-3,6-7H,4H2,(H,17,18)/b16-7-. The minimum absolute atomic E-state index is 0.196. The van der Waals surface area contributed by atoms with Gasteiger partial charge in [-0.1, -0.05) is 12.1 Å². The quantitative estimate of drug-likeness (QED) is 0.663. The third-order valence-electron chi connectivity index (χ3n) is 1.86. The lowest BCUT2D eigenvalue weighted by atomic mass is 10.1. The van der Waals surface area contributed by atoms with Crippen molar-refractivity contribution in [2.75, 3.05) is 0 Å². The molecule has 1 rings (SSSR count). The van der Waals surface area contributed by atoms with E-state index in [1.165, 1.54) is 12.1 Å². The fourth-order valence-corrected chi connectivity index (χ4v) is 1.09. The van der Waals surface area contributed by atoms with Gasteiger partial charge in [0.2, 0.25) is 0 Å². The number of carbonyl (C=O) groups is 1. The van der Waals surface area contributed by atoms with Gasteiger partial charge in [0.15, 0.2) is 0 Å². The molecule has 0 radical (unpaired) electrons. The zero-order valence-corrected chi connectivity index (χ0v) is 9.03. The van der Waals surface area contributed by atoms with Crippen molar-refractivity contribution in [3.8, 4) is 6.07 Å². The minimum Gasteiger partial charge on any atom is -0.272 e. The fraction of sp³-hybridized carbons (Fsp3) is 0.182. The Balaban J connectivity index is 2.72. The molecule has 0 saturated carbocycles. The largest absolute Gasteiger partial charge is 0.416 e. The molecule has 4 nitrogen and oxygen atoms in total. The van der Waals surface area contributed by atoms with E-state index in [0.717, 1.165) is 18.3 Å². The minimum atomic E-state index is -4.42. The maximum atomic E-state index is 12.4. The lowest BCUT2D eigenvalue weighted by Gasteiger charge is -2.06. The van der Waals surface area contributed by atoms with Gasteiger partial charge in [-0.15, -0.1) is 0 Å². The normalized spacial score (nSPS) is 11.2. The van der Waals surface area contributed by atoms with E-state index >= 15 is 0 Å². The molecule has 0 bridgehead atoms. The second kappa shape index (κ2) is 5.82. The molecule has 1 aromatic carbocycles. The molecule has 0 aliphatic rings. The molecule has 1 N–H and O–H groups in total. The summed E-state index contributed by atoms with van der Waals surface area (Å²) < 4.78 is 37.1. The summed E-state index contributed by atoms with van der Waals surface area (Å²) in [5, 5.41) is 11.6.